The Kier molecular flexibility index (Phi) is 12.3. The Morgan fingerprint density at radius 3 is 2.44 bits per heavy atom. The van der Waals surface area contributed by atoms with E-state index in [0.29, 0.717) is 6.10 Å². The fourth-order valence-corrected chi connectivity index (χ4v) is 3.61. The second kappa shape index (κ2) is 13.6. The number of piperidine rings is 1. The summed E-state index contributed by atoms with van der Waals surface area (Å²) in [5, 5.41) is 3.44. The number of carbonyl (C=O) groups excluding carboxylic acids is 1. The lowest BCUT2D eigenvalue weighted by molar-refractivity contribution is -0.127. The van der Waals surface area contributed by atoms with E-state index < -0.39 is 0 Å². The van der Waals surface area contributed by atoms with Crippen LogP contribution in [0, 0.1) is 5.92 Å². The highest BCUT2D eigenvalue weighted by atomic mass is 127. The number of aliphatic imine (C=N–C) groups is 1. The molecule has 0 bridgehead atoms. The molecule has 0 aromatic rings. The molecule has 0 unspecified atom stereocenters. The van der Waals surface area contributed by atoms with Crippen LogP contribution in [0.2, 0.25) is 0 Å². The SMILES string of the molecule is CCCCNC(=NCC(=O)N(C)C)N1CCC(OCC2CCCC2)CC1.I. The molecule has 7 heteroatoms. The maximum Gasteiger partial charge on any atom is 0.243 e. The molecule has 0 atom stereocenters. The molecule has 0 aromatic heterocycles. The van der Waals surface area contributed by atoms with Crippen LogP contribution in [0.15, 0.2) is 4.99 Å². The summed E-state index contributed by atoms with van der Waals surface area (Å²) in [6.45, 7) is 6.13. The third-order valence-electron chi connectivity index (χ3n) is 5.46. The Morgan fingerprint density at radius 1 is 1.19 bits per heavy atom. The molecule has 1 amide bonds. The summed E-state index contributed by atoms with van der Waals surface area (Å²) in [7, 11) is 3.55. The van der Waals surface area contributed by atoms with Gasteiger partial charge >= 0.3 is 0 Å². The number of amides is 1. The number of carbonyl (C=O) groups is 1. The van der Waals surface area contributed by atoms with E-state index >= 15 is 0 Å². The van der Waals surface area contributed by atoms with Gasteiger partial charge in [0.1, 0.15) is 6.54 Å². The van der Waals surface area contributed by atoms with Crippen molar-refractivity contribution in [3.05, 3.63) is 0 Å². The molecule has 0 aromatic carbocycles. The third-order valence-corrected chi connectivity index (χ3v) is 5.46. The quantitative estimate of drug-likeness (QED) is 0.244. The standard InChI is InChI=1S/C20H38N4O2.HI/c1-4-5-12-21-20(22-15-19(25)23(2)3)24-13-10-18(11-14-24)26-16-17-8-6-7-9-17;/h17-18H,4-16H2,1-3H3,(H,21,22);1H. The van der Waals surface area contributed by atoms with Crippen molar-refractivity contribution in [1.29, 1.82) is 0 Å². The Morgan fingerprint density at radius 2 is 1.85 bits per heavy atom. The van der Waals surface area contributed by atoms with Crippen molar-refractivity contribution < 1.29 is 9.53 Å². The number of hydrogen-bond acceptors (Lipinski definition) is 3. The van der Waals surface area contributed by atoms with Crippen molar-refractivity contribution in [2.24, 2.45) is 10.9 Å². The predicted molar refractivity (Wildman–Crippen MR) is 122 cm³/mol. The van der Waals surface area contributed by atoms with E-state index in [1.807, 2.05) is 0 Å². The second-order valence-corrected chi connectivity index (χ2v) is 7.88. The second-order valence-electron chi connectivity index (χ2n) is 7.88. The van der Waals surface area contributed by atoms with E-state index in [9.17, 15) is 4.79 Å². The molecule has 2 fully saturated rings. The normalized spacial score (nSPS) is 19.1. The zero-order chi connectivity index (χ0) is 18.8. The summed E-state index contributed by atoms with van der Waals surface area (Å²) in [5.41, 5.74) is 0. The molecule has 1 N–H and O–H groups in total. The number of ether oxygens (including phenoxy) is 1. The lowest BCUT2D eigenvalue weighted by Gasteiger charge is -2.34. The molecule has 1 aliphatic heterocycles. The van der Waals surface area contributed by atoms with Crippen LogP contribution < -0.4 is 5.32 Å². The van der Waals surface area contributed by atoms with Gasteiger partial charge < -0.3 is 19.9 Å². The van der Waals surface area contributed by atoms with Gasteiger partial charge in [0.25, 0.3) is 0 Å². The Bertz CT molecular complexity index is 445. The molecule has 0 spiro atoms. The summed E-state index contributed by atoms with van der Waals surface area (Å²) in [5.74, 6) is 1.70. The Labute approximate surface area is 182 Å². The van der Waals surface area contributed by atoms with Gasteiger partial charge in [-0.3, -0.25) is 4.79 Å². The zero-order valence-corrected chi connectivity index (χ0v) is 19.7. The number of rotatable bonds is 8. The molecule has 1 saturated heterocycles. The van der Waals surface area contributed by atoms with E-state index in [1.54, 1.807) is 19.0 Å². The van der Waals surface area contributed by atoms with Crippen molar-refractivity contribution in [2.75, 3.05) is 46.9 Å². The van der Waals surface area contributed by atoms with Crippen LogP contribution in [-0.4, -0.2) is 74.7 Å². The van der Waals surface area contributed by atoms with Crippen molar-refractivity contribution in [3.63, 3.8) is 0 Å². The minimum Gasteiger partial charge on any atom is -0.378 e. The number of likely N-dealkylation sites (tertiary alicyclic amines) is 1. The van der Waals surface area contributed by atoms with Gasteiger partial charge in [-0.15, -0.1) is 24.0 Å². The highest BCUT2D eigenvalue weighted by Crippen LogP contribution is 2.26. The minimum absolute atomic E-state index is 0. The van der Waals surface area contributed by atoms with E-state index in [0.717, 1.165) is 63.8 Å². The van der Waals surface area contributed by atoms with Gasteiger partial charge in [0.2, 0.25) is 5.91 Å². The molecule has 1 saturated carbocycles. The lowest BCUT2D eigenvalue weighted by Crippen LogP contribution is -2.47. The molecule has 6 nitrogen and oxygen atoms in total. The molecular weight excluding hydrogens is 455 g/mol. The number of unbranched alkanes of at least 4 members (excludes halogenated alkanes) is 1. The number of nitrogens with one attached hydrogen (secondary N) is 1. The average Bonchev–Trinajstić information content (AvgIpc) is 3.16. The van der Waals surface area contributed by atoms with Crippen LogP contribution in [0.1, 0.15) is 58.3 Å². The van der Waals surface area contributed by atoms with Crippen molar-refractivity contribution in [2.45, 2.75) is 64.4 Å². The monoisotopic (exact) mass is 494 g/mol. The fraction of sp³-hybridized carbons (Fsp3) is 0.900. The van der Waals surface area contributed by atoms with Gasteiger partial charge in [-0.05, 0) is 38.0 Å². The molecule has 27 heavy (non-hydrogen) atoms. The van der Waals surface area contributed by atoms with Gasteiger partial charge in [0.05, 0.1) is 6.10 Å². The van der Waals surface area contributed by atoms with E-state index in [-0.39, 0.29) is 36.4 Å². The largest absolute Gasteiger partial charge is 0.378 e. The van der Waals surface area contributed by atoms with Crippen molar-refractivity contribution >= 4 is 35.8 Å². The first-order chi connectivity index (χ1) is 12.6. The molecular formula is C20H39IN4O2. The summed E-state index contributed by atoms with van der Waals surface area (Å²) in [6, 6.07) is 0. The highest BCUT2D eigenvalue weighted by molar-refractivity contribution is 14.0. The average molecular weight is 494 g/mol. The van der Waals surface area contributed by atoms with Crippen LogP contribution in [-0.2, 0) is 9.53 Å². The van der Waals surface area contributed by atoms with E-state index in [2.05, 4.69) is 22.1 Å². The van der Waals surface area contributed by atoms with Crippen LogP contribution in [0.4, 0.5) is 0 Å². The van der Waals surface area contributed by atoms with Gasteiger partial charge in [-0.2, -0.15) is 0 Å². The number of nitrogens with zero attached hydrogens (tertiary/aromatic N) is 3. The fourth-order valence-electron chi connectivity index (χ4n) is 3.61. The molecule has 0 radical (unpaired) electrons. The summed E-state index contributed by atoms with van der Waals surface area (Å²) >= 11 is 0. The predicted octanol–water partition coefficient (Wildman–Crippen LogP) is 3.11. The lowest BCUT2D eigenvalue weighted by atomic mass is 10.1. The molecule has 158 valence electrons. The van der Waals surface area contributed by atoms with Gasteiger partial charge in [0.15, 0.2) is 5.96 Å². The summed E-state index contributed by atoms with van der Waals surface area (Å²) in [4.78, 5) is 20.3. The number of likely N-dealkylation sites (N-methyl/N-ethyl adjacent to an activating group) is 1. The van der Waals surface area contributed by atoms with Crippen molar-refractivity contribution in [3.8, 4) is 0 Å². The maximum atomic E-state index is 11.9. The maximum absolute atomic E-state index is 11.9. The van der Waals surface area contributed by atoms with E-state index in [4.69, 9.17) is 4.74 Å². The zero-order valence-electron chi connectivity index (χ0n) is 17.4. The van der Waals surface area contributed by atoms with Crippen LogP contribution >= 0.6 is 24.0 Å². The first-order valence-electron chi connectivity index (χ1n) is 10.4. The third kappa shape index (κ3) is 8.98. The molecule has 1 aliphatic carbocycles. The first kappa shape index (κ1) is 24.5. The van der Waals surface area contributed by atoms with Crippen LogP contribution in [0.25, 0.3) is 0 Å². The van der Waals surface area contributed by atoms with Gasteiger partial charge in [-0.1, -0.05) is 26.2 Å². The Hall–Kier alpha value is -0.570. The van der Waals surface area contributed by atoms with Gasteiger partial charge in [0, 0.05) is 40.3 Å². The smallest absolute Gasteiger partial charge is 0.243 e. The number of guanidine groups is 1. The van der Waals surface area contributed by atoms with Crippen LogP contribution in [0.5, 0.6) is 0 Å². The number of halogens is 1. The highest BCUT2D eigenvalue weighted by Gasteiger charge is 2.24. The van der Waals surface area contributed by atoms with Crippen LogP contribution in [0.3, 0.4) is 0 Å². The van der Waals surface area contributed by atoms with E-state index in [1.165, 1.54) is 25.7 Å². The molecule has 2 aliphatic rings. The minimum atomic E-state index is 0. The number of hydrogen-bond donors (Lipinski definition) is 1. The summed E-state index contributed by atoms with van der Waals surface area (Å²) < 4.78 is 6.18. The molecule has 1 heterocycles. The Balaban J connectivity index is 0.00000364. The van der Waals surface area contributed by atoms with Crippen molar-refractivity contribution in [1.82, 2.24) is 15.1 Å². The summed E-state index contributed by atoms with van der Waals surface area (Å²) in [6.07, 6.45) is 10.2. The first-order valence-corrected chi connectivity index (χ1v) is 10.4. The molecule has 2 rings (SSSR count). The topological polar surface area (TPSA) is 57.2 Å². The van der Waals surface area contributed by atoms with Gasteiger partial charge in [-0.25, -0.2) is 4.99 Å².